The second kappa shape index (κ2) is 13.0. The smallest absolute Gasteiger partial charge is 0.250 e. The molecule has 41 heavy (non-hydrogen) atoms. The van der Waals surface area contributed by atoms with Crippen molar-refractivity contribution in [1.82, 2.24) is 9.80 Å². The fraction of sp³-hybridized carbons (Fsp3) is 0.344. The number of carbonyl (C=O) groups is 3. The Morgan fingerprint density at radius 1 is 0.854 bits per heavy atom. The van der Waals surface area contributed by atoms with Gasteiger partial charge in [0.2, 0.25) is 17.7 Å². The molecule has 5 N–H and O–H groups in total. The lowest BCUT2D eigenvalue weighted by Gasteiger charge is -2.35. The summed E-state index contributed by atoms with van der Waals surface area (Å²) in [6.07, 6.45) is 0.264. The number of hydrogen-bond donors (Lipinski definition) is 3. The van der Waals surface area contributed by atoms with E-state index in [1.54, 1.807) is 54.6 Å². The summed E-state index contributed by atoms with van der Waals surface area (Å²) in [7, 11) is 2.97. The summed E-state index contributed by atoms with van der Waals surface area (Å²) in [5.41, 5.74) is 14.3. The van der Waals surface area contributed by atoms with Gasteiger partial charge in [0, 0.05) is 20.5 Å². The Labute approximate surface area is 240 Å². The average molecular weight is 563 g/mol. The first kappa shape index (κ1) is 31.3. The van der Waals surface area contributed by atoms with E-state index in [9.17, 15) is 23.9 Å². The van der Waals surface area contributed by atoms with Gasteiger partial charge >= 0.3 is 0 Å². The number of carbonyl (C=O) groups excluding carboxylic acids is 3. The first-order chi connectivity index (χ1) is 19.2. The van der Waals surface area contributed by atoms with Gasteiger partial charge in [-0.05, 0) is 52.3 Å². The van der Waals surface area contributed by atoms with E-state index in [4.69, 9.17) is 11.5 Å². The Morgan fingerprint density at radius 2 is 1.44 bits per heavy atom. The minimum absolute atomic E-state index is 0.115. The van der Waals surface area contributed by atoms with Crippen molar-refractivity contribution in [2.75, 3.05) is 14.1 Å². The molecule has 0 saturated carbocycles. The van der Waals surface area contributed by atoms with Crippen molar-refractivity contribution in [3.8, 4) is 5.75 Å². The summed E-state index contributed by atoms with van der Waals surface area (Å²) in [4.78, 5) is 42.7. The highest BCUT2D eigenvalue weighted by atomic mass is 19.1. The number of benzene rings is 3. The largest absolute Gasteiger partial charge is 0.508 e. The van der Waals surface area contributed by atoms with Gasteiger partial charge in [-0.15, -0.1) is 0 Å². The van der Waals surface area contributed by atoms with Crippen LogP contribution in [0.5, 0.6) is 5.75 Å². The zero-order valence-electron chi connectivity index (χ0n) is 24.2. The Kier molecular flexibility index (Phi) is 9.88. The molecule has 0 heterocycles. The maximum absolute atomic E-state index is 14.0. The van der Waals surface area contributed by atoms with Crippen LogP contribution in [-0.4, -0.2) is 58.8 Å². The number of amides is 3. The van der Waals surface area contributed by atoms with Crippen LogP contribution in [0.2, 0.25) is 0 Å². The number of rotatable bonds is 10. The molecule has 0 aliphatic carbocycles. The Hall–Kier alpha value is -4.24. The standard InChI is InChI=1S/C32H39FN4O4/c1-32(2,3)24-17-21(13-16-27(24)38)19-26(29(35)39)36(4)31(41)28(22-9-7-6-8-10-22)37(5)30(40)25(34)18-20-11-14-23(33)15-12-20/h6-17,25-26,28,38H,18-19,34H2,1-5H3,(H2,35,39). The molecule has 3 aromatic rings. The second-order valence-corrected chi connectivity index (χ2v) is 11.4. The van der Waals surface area contributed by atoms with Gasteiger partial charge in [0.25, 0.3) is 0 Å². The second-order valence-electron chi connectivity index (χ2n) is 11.4. The molecule has 3 rings (SSSR count). The number of primary amides is 1. The Bertz CT molecular complexity index is 1370. The molecule has 3 unspecified atom stereocenters. The van der Waals surface area contributed by atoms with E-state index < -0.39 is 41.7 Å². The Balaban J connectivity index is 1.90. The van der Waals surface area contributed by atoms with Gasteiger partial charge in [-0.3, -0.25) is 14.4 Å². The SMILES string of the molecule is CN(C(=O)C(c1ccccc1)N(C)C(=O)C(N)Cc1ccc(F)cc1)C(Cc1ccc(O)c(C(C)(C)C)c1)C(N)=O. The zero-order chi connectivity index (χ0) is 30.5. The fourth-order valence-electron chi connectivity index (χ4n) is 4.83. The third kappa shape index (κ3) is 7.70. The molecule has 0 bridgehead atoms. The van der Waals surface area contributed by atoms with E-state index in [1.165, 1.54) is 36.0 Å². The maximum atomic E-state index is 14.0. The molecule has 0 fully saturated rings. The molecular formula is C32H39FN4O4. The zero-order valence-corrected chi connectivity index (χ0v) is 24.2. The quantitative estimate of drug-likeness (QED) is 0.349. The number of nitrogens with zero attached hydrogens (tertiary/aromatic N) is 2. The van der Waals surface area contributed by atoms with Crippen molar-refractivity contribution in [3.63, 3.8) is 0 Å². The lowest BCUT2D eigenvalue weighted by molar-refractivity contribution is -0.147. The molecule has 218 valence electrons. The number of aromatic hydroxyl groups is 1. The molecule has 0 aliphatic rings. The van der Waals surface area contributed by atoms with Crippen LogP contribution in [0.25, 0.3) is 0 Å². The van der Waals surface area contributed by atoms with Crippen LogP contribution in [0.4, 0.5) is 4.39 Å². The van der Waals surface area contributed by atoms with Crippen molar-refractivity contribution in [3.05, 3.63) is 101 Å². The summed E-state index contributed by atoms with van der Waals surface area (Å²) >= 11 is 0. The van der Waals surface area contributed by atoms with Crippen LogP contribution >= 0.6 is 0 Å². The van der Waals surface area contributed by atoms with Crippen molar-refractivity contribution < 1.29 is 23.9 Å². The van der Waals surface area contributed by atoms with E-state index in [0.717, 1.165) is 5.56 Å². The van der Waals surface area contributed by atoms with Crippen molar-refractivity contribution >= 4 is 17.7 Å². The van der Waals surface area contributed by atoms with Crippen LogP contribution in [-0.2, 0) is 32.6 Å². The normalized spacial score (nSPS) is 13.6. The number of phenolic OH excluding ortho intramolecular Hbond substituents is 1. The van der Waals surface area contributed by atoms with E-state index >= 15 is 0 Å². The molecule has 3 aromatic carbocycles. The molecule has 0 radical (unpaired) electrons. The lowest BCUT2D eigenvalue weighted by Crippen LogP contribution is -2.53. The summed E-state index contributed by atoms with van der Waals surface area (Å²) in [6, 6.07) is 16.4. The number of phenols is 1. The fourth-order valence-corrected chi connectivity index (χ4v) is 4.83. The highest BCUT2D eigenvalue weighted by molar-refractivity contribution is 5.93. The molecular weight excluding hydrogens is 523 g/mol. The summed E-state index contributed by atoms with van der Waals surface area (Å²) in [6.45, 7) is 5.89. The molecule has 0 spiro atoms. The predicted molar refractivity (Wildman–Crippen MR) is 156 cm³/mol. The molecule has 0 saturated heterocycles. The van der Waals surface area contributed by atoms with E-state index in [2.05, 4.69) is 0 Å². The van der Waals surface area contributed by atoms with Crippen LogP contribution in [0.1, 0.15) is 49.1 Å². The molecule has 0 aromatic heterocycles. The predicted octanol–water partition coefficient (Wildman–Crippen LogP) is 3.45. The van der Waals surface area contributed by atoms with Crippen LogP contribution in [0.3, 0.4) is 0 Å². The number of halogens is 1. The third-order valence-corrected chi connectivity index (χ3v) is 7.21. The van der Waals surface area contributed by atoms with Gasteiger partial charge in [-0.25, -0.2) is 4.39 Å². The van der Waals surface area contributed by atoms with Crippen molar-refractivity contribution in [1.29, 1.82) is 0 Å². The highest BCUT2D eigenvalue weighted by Crippen LogP contribution is 2.32. The average Bonchev–Trinajstić information content (AvgIpc) is 2.92. The highest BCUT2D eigenvalue weighted by Gasteiger charge is 2.36. The summed E-state index contributed by atoms with van der Waals surface area (Å²) < 4.78 is 13.3. The van der Waals surface area contributed by atoms with E-state index in [-0.39, 0.29) is 24.0 Å². The van der Waals surface area contributed by atoms with Gasteiger partial charge in [0.05, 0.1) is 6.04 Å². The first-order valence-corrected chi connectivity index (χ1v) is 13.4. The van der Waals surface area contributed by atoms with Crippen LogP contribution in [0, 0.1) is 5.82 Å². The van der Waals surface area contributed by atoms with Gasteiger partial charge in [-0.2, -0.15) is 0 Å². The van der Waals surface area contributed by atoms with Gasteiger partial charge in [-0.1, -0.05) is 75.4 Å². The summed E-state index contributed by atoms with van der Waals surface area (Å²) in [5, 5.41) is 10.4. The molecule has 0 aliphatic heterocycles. The van der Waals surface area contributed by atoms with Gasteiger partial charge in [0.1, 0.15) is 23.7 Å². The maximum Gasteiger partial charge on any atom is 0.250 e. The van der Waals surface area contributed by atoms with Crippen LogP contribution < -0.4 is 11.5 Å². The minimum atomic E-state index is -1.08. The molecule has 3 amide bonds. The number of likely N-dealkylation sites (N-methyl/N-ethyl adjacent to an activating group) is 2. The van der Waals surface area contributed by atoms with Gasteiger partial charge in [0.15, 0.2) is 0 Å². The molecule has 9 heteroatoms. The number of hydrogen-bond acceptors (Lipinski definition) is 5. The van der Waals surface area contributed by atoms with Gasteiger partial charge < -0.3 is 26.4 Å². The molecule has 3 atom stereocenters. The third-order valence-electron chi connectivity index (χ3n) is 7.21. The topological polar surface area (TPSA) is 130 Å². The summed E-state index contributed by atoms with van der Waals surface area (Å²) in [5.74, 6) is -1.97. The Morgan fingerprint density at radius 3 is 2.00 bits per heavy atom. The molecule has 8 nitrogen and oxygen atoms in total. The monoisotopic (exact) mass is 562 g/mol. The van der Waals surface area contributed by atoms with Crippen LogP contribution in [0.15, 0.2) is 72.8 Å². The first-order valence-electron chi connectivity index (χ1n) is 13.4. The van der Waals surface area contributed by atoms with Crippen molar-refractivity contribution in [2.24, 2.45) is 11.5 Å². The minimum Gasteiger partial charge on any atom is -0.508 e. The van der Waals surface area contributed by atoms with E-state index in [0.29, 0.717) is 16.7 Å². The number of nitrogens with two attached hydrogens (primary N) is 2. The lowest BCUT2D eigenvalue weighted by atomic mass is 9.84. The van der Waals surface area contributed by atoms with E-state index in [1.807, 2.05) is 26.8 Å². The van der Waals surface area contributed by atoms with Crippen molar-refractivity contribution in [2.45, 2.75) is 57.2 Å².